The molecule has 0 saturated carbocycles. The van der Waals surface area contributed by atoms with Crippen LogP contribution in [0.25, 0.3) is 21.5 Å². The van der Waals surface area contributed by atoms with E-state index in [0.717, 1.165) is 48.3 Å². The highest BCUT2D eigenvalue weighted by Crippen LogP contribution is 2.36. The SMILES string of the molecule is CN(C)CCNc1ccc2c3c(cccc13)C(=O)N(CCSSCCN1C(=O)c3cccc4c(NCCN(C)C)ccc(c34)C1=O)C2=O. The third kappa shape index (κ3) is 6.62. The van der Waals surface area contributed by atoms with Crippen molar-refractivity contribution in [3.8, 4) is 0 Å². The minimum absolute atomic E-state index is 0.260. The second-order valence-electron chi connectivity index (χ2n) is 12.4. The smallest absolute Gasteiger partial charge is 0.261 e. The van der Waals surface area contributed by atoms with Crippen LogP contribution in [0.3, 0.4) is 0 Å². The number of anilines is 2. The van der Waals surface area contributed by atoms with Gasteiger partial charge in [0.05, 0.1) is 0 Å². The number of likely N-dealkylation sites (N-methyl/N-ethyl adjacent to an activating group) is 2. The molecule has 10 nitrogen and oxygen atoms in total. The molecular formula is C36H40N6O4S2. The van der Waals surface area contributed by atoms with E-state index in [1.165, 1.54) is 31.4 Å². The van der Waals surface area contributed by atoms with Crippen molar-refractivity contribution >= 4 is 78.1 Å². The van der Waals surface area contributed by atoms with Crippen LogP contribution in [-0.2, 0) is 0 Å². The molecule has 4 aromatic rings. The third-order valence-electron chi connectivity index (χ3n) is 8.61. The van der Waals surface area contributed by atoms with Crippen molar-refractivity contribution in [2.24, 2.45) is 0 Å². The quantitative estimate of drug-likeness (QED) is 0.0985. The van der Waals surface area contributed by atoms with Gasteiger partial charge in [-0.25, -0.2) is 0 Å². The van der Waals surface area contributed by atoms with Crippen molar-refractivity contribution in [1.82, 2.24) is 19.6 Å². The van der Waals surface area contributed by atoms with Gasteiger partial charge in [-0.3, -0.25) is 29.0 Å². The van der Waals surface area contributed by atoms with Gasteiger partial charge in [-0.1, -0.05) is 45.9 Å². The van der Waals surface area contributed by atoms with Gasteiger partial charge >= 0.3 is 0 Å². The van der Waals surface area contributed by atoms with E-state index in [4.69, 9.17) is 0 Å². The van der Waals surface area contributed by atoms with Gasteiger partial charge in [0.1, 0.15) is 0 Å². The number of hydrogen-bond donors (Lipinski definition) is 2. The van der Waals surface area contributed by atoms with E-state index in [2.05, 4.69) is 20.4 Å². The Hall–Kier alpha value is -4.10. The molecule has 0 radical (unpaired) electrons. The summed E-state index contributed by atoms with van der Waals surface area (Å²) in [5.74, 6) is -0.119. The monoisotopic (exact) mass is 684 g/mol. The molecule has 0 bridgehead atoms. The van der Waals surface area contributed by atoms with Crippen molar-refractivity contribution in [2.75, 3.05) is 89.6 Å². The zero-order valence-corrected chi connectivity index (χ0v) is 29.3. The fourth-order valence-corrected chi connectivity index (χ4v) is 8.11. The second-order valence-corrected chi connectivity index (χ2v) is 15.1. The molecular weight excluding hydrogens is 645 g/mol. The summed E-state index contributed by atoms with van der Waals surface area (Å²) in [6.45, 7) is 3.72. The van der Waals surface area contributed by atoms with Gasteiger partial charge in [-0.2, -0.15) is 0 Å². The van der Waals surface area contributed by atoms with Crippen LogP contribution in [0.1, 0.15) is 41.4 Å². The average Bonchev–Trinajstić information content (AvgIpc) is 3.07. The highest BCUT2D eigenvalue weighted by molar-refractivity contribution is 8.76. The number of carbonyl (C=O) groups excluding carboxylic acids is 4. The average molecular weight is 685 g/mol. The Morgan fingerprint density at radius 2 is 0.917 bits per heavy atom. The number of amides is 4. The number of nitrogens with one attached hydrogen (secondary N) is 2. The molecule has 0 atom stereocenters. The summed E-state index contributed by atoms with van der Waals surface area (Å²) < 4.78 is 0. The number of hydrogen-bond acceptors (Lipinski definition) is 10. The minimum atomic E-state index is -0.289. The van der Waals surface area contributed by atoms with Gasteiger partial charge in [-0.05, 0) is 64.6 Å². The summed E-state index contributed by atoms with van der Waals surface area (Å²) in [4.78, 5) is 60.7. The largest absolute Gasteiger partial charge is 0.383 e. The first-order chi connectivity index (χ1) is 23.2. The van der Waals surface area contributed by atoms with E-state index in [1.54, 1.807) is 24.3 Å². The number of rotatable bonds is 15. The Morgan fingerprint density at radius 1 is 0.542 bits per heavy atom. The normalized spacial score (nSPS) is 14.3. The summed E-state index contributed by atoms with van der Waals surface area (Å²) in [6.07, 6.45) is 0. The van der Waals surface area contributed by atoms with Crippen LogP contribution in [0.15, 0.2) is 60.7 Å². The van der Waals surface area contributed by atoms with Crippen LogP contribution in [-0.4, -0.2) is 122 Å². The van der Waals surface area contributed by atoms with Gasteiger partial charge in [0, 0.05) is 106 Å². The van der Waals surface area contributed by atoms with Crippen LogP contribution >= 0.6 is 21.6 Å². The lowest BCUT2D eigenvalue weighted by Crippen LogP contribution is -2.42. The highest BCUT2D eigenvalue weighted by Gasteiger charge is 2.34. The predicted molar refractivity (Wildman–Crippen MR) is 198 cm³/mol. The maximum Gasteiger partial charge on any atom is 0.261 e. The summed E-state index contributed by atoms with van der Waals surface area (Å²) in [7, 11) is 11.1. The molecule has 2 heterocycles. The molecule has 0 fully saturated rings. The number of carbonyl (C=O) groups is 4. The lowest BCUT2D eigenvalue weighted by atomic mass is 9.93. The molecule has 12 heteroatoms. The van der Waals surface area contributed by atoms with Crippen LogP contribution in [0.4, 0.5) is 11.4 Å². The molecule has 48 heavy (non-hydrogen) atoms. The van der Waals surface area contributed by atoms with Crippen LogP contribution in [0.2, 0.25) is 0 Å². The van der Waals surface area contributed by atoms with Gasteiger partial charge in [0.2, 0.25) is 0 Å². The predicted octanol–water partition coefficient (Wildman–Crippen LogP) is 5.21. The van der Waals surface area contributed by atoms with Gasteiger partial charge < -0.3 is 20.4 Å². The third-order valence-corrected chi connectivity index (χ3v) is 11.0. The van der Waals surface area contributed by atoms with Crippen LogP contribution in [0, 0.1) is 0 Å². The highest BCUT2D eigenvalue weighted by atomic mass is 33.1. The molecule has 0 spiro atoms. The molecule has 2 aliphatic rings. The number of benzene rings is 4. The first-order valence-corrected chi connectivity index (χ1v) is 18.5. The van der Waals surface area contributed by atoms with E-state index in [0.29, 0.717) is 44.5 Å². The van der Waals surface area contributed by atoms with Gasteiger partial charge in [0.15, 0.2) is 0 Å². The first kappa shape index (κ1) is 33.8. The maximum absolute atomic E-state index is 13.5. The topological polar surface area (TPSA) is 105 Å². The molecule has 4 aromatic carbocycles. The Bertz CT molecular complexity index is 1730. The zero-order valence-electron chi connectivity index (χ0n) is 27.7. The molecule has 0 saturated heterocycles. The molecule has 0 aromatic heterocycles. The maximum atomic E-state index is 13.5. The molecule has 0 unspecified atom stereocenters. The summed E-state index contributed by atoms with van der Waals surface area (Å²) in [5, 5.41) is 10.0. The molecule has 250 valence electrons. The Balaban J connectivity index is 1.04. The van der Waals surface area contributed by atoms with Crippen LogP contribution in [0.5, 0.6) is 0 Å². The molecule has 2 N–H and O–H groups in total. The van der Waals surface area contributed by atoms with Crippen molar-refractivity contribution in [1.29, 1.82) is 0 Å². The number of nitrogens with zero attached hydrogens (tertiary/aromatic N) is 4. The molecule has 4 amide bonds. The minimum Gasteiger partial charge on any atom is -0.383 e. The van der Waals surface area contributed by atoms with E-state index >= 15 is 0 Å². The zero-order chi connectivity index (χ0) is 33.9. The first-order valence-electron chi connectivity index (χ1n) is 16.0. The van der Waals surface area contributed by atoms with E-state index < -0.39 is 0 Å². The lowest BCUT2D eigenvalue weighted by Gasteiger charge is -2.28. The van der Waals surface area contributed by atoms with E-state index in [-0.39, 0.29) is 36.7 Å². The summed E-state index contributed by atoms with van der Waals surface area (Å²) in [6, 6.07) is 18.6. The van der Waals surface area contributed by atoms with Crippen molar-refractivity contribution in [3.63, 3.8) is 0 Å². The standard InChI is InChI=1S/C36H40N6O4S2/c1-39(2)17-15-37-29-13-11-27-31-23(29)7-5-9-25(31)33(43)41(35(27)45)19-21-47-48-22-20-42-34(44)26-10-6-8-24-30(38-16-18-40(3)4)14-12-28(32(24)26)36(42)46/h5-14,37-38H,15-22H2,1-4H3. The Labute approximate surface area is 288 Å². The second kappa shape index (κ2) is 14.6. The fraction of sp³-hybridized carbons (Fsp3) is 0.333. The lowest BCUT2D eigenvalue weighted by molar-refractivity contribution is 0.0605. The van der Waals surface area contributed by atoms with Gasteiger partial charge in [-0.15, -0.1) is 0 Å². The molecule has 2 aliphatic heterocycles. The van der Waals surface area contributed by atoms with Crippen molar-refractivity contribution in [3.05, 3.63) is 82.9 Å². The van der Waals surface area contributed by atoms with Crippen LogP contribution < -0.4 is 10.6 Å². The summed E-state index contributed by atoms with van der Waals surface area (Å²) in [5.41, 5.74) is 3.94. The Morgan fingerprint density at radius 3 is 1.29 bits per heavy atom. The number of imide groups is 2. The van der Waals surface area contributed by atoms with Crippen molar-refractivity contribution < 1.29 is 19.2 Å². The van der Waals surface area contributed by atoms with Gasteiger partial charge in [0.25, 0.3) is 23.6 Å². The Kier molecular flexibility index (Phi) is 10.3. The molecule has 6 rings (SSSR count). The summed E-state index contributed by atoms with van der Waals surface area (Å²) >= 11 is 0. The van der Waals surface area contributed by atoms with Crippen molar-refractivity contribution in [2.45, 2.75) is 0 Å². The van der Waals surface area contributed by atoms with E-state index in [9.17, 15) is 19.2 Å². The van der Waals surface area contributed by atoms with E-state index in [1.807, 2.05) is 64.6 Å². The molecule has 0 aliphatic carbocycles. The fourth-order valence-electron chi connectivity index (χ4n) is 6.21.